The van der Waals surface area contributed by atoms with E-state index in [1.165, 1.54) is 0 Å². The highest BCUT2D eigenvalue weighted by atomic mass is 16.5. The zero-order valence-corrected chi connectivity index (χ0v) is 11.0. The smallest absolute Gasteiger partial charge is 0.258 e. The molecule has 0 unspecified atom stereocenters. The molecule has 0 saturated carbocycles. The van der Waals surface area contributed by atoms with Gasteiger partial charge >= 0.3 is 0 Å². The van der Waals surface area contributed by atoms with E-state index in [4.69, 9.17) is 10.5 Å². The highest BCUT2D eigenvalue weighted by molar-refractivity contribution is 5.77. The van der Waals surface area contributed by atoms with Crippen LogP contribution < -0.4 is 15.8 Å². The molecular formula is C13H21N3O2. The van der Waals surface area contributed by atoms with Gasteiger partial charge in [-0.05, 0) is 25.0 Å². The van der Waals surface area contributed by atoms with Crippen LogP contribution in [0, 0.1) is 0 Å². The first-order valence-corrected chi connectivity index (χ1v) is 6.26. The summed E-state index contributed by atoms with van der Waals surface area (Å²) >= 11 is 0. The fourth-order valence-electron chi connectivity index (χ4n) is 1.53. The maximum absolute atomic E-state index is 11.6. The number of pyridine rings is 1. The number of ether oxygens (including phenoxy) is 1. The van der Waals surface area contributed by atoms with Crippen LogP contribution in [0.1, 0.15) is 32.4 Å². The van der Waals surface area contributed by atoms with Crippen LogP contribution in [0.25, 0.3) is 0 Å². The number of nitrogens with one attached hydrogen (secondary N) is 1. The van der Waals surface area contributed by atoms with Crippen molar-refractivity contribution in [3.8, 4) is 5.75 Å². The Kier molecular flexibility index (Phi) is 6.14. The molecule has 0 saturated heterocycles. The first kappa shape index (κ1) is 14.4. The van der Waals surface area contributed by atoms with Crippen LogP contribution in [0.15, 0.2) is 18.3 Å². The number of aromatic nitrogens is 1. The molecule has 0 aromatic carbocycles. The second-order valence-electron chi connectivity index (χ2n) is 4.06. The molecule has 0 atom stereocenters. The van der Waals surface area contributed by atoms with Gasteiger partial charge in [-0.3, -0.25) is 9.78 Å². The molecule has 0 fully saturated rings. The van der Waals surface area contributed by atoms with E-state index in [1.807, 2.05) is 13.8 Å². The first-order valence-electron chi connectivity index (χ1n) is 6.26. The molecule has 1 aromatic rings. The molecule has 5 nitrogen and oxygen atoms in total. The number of rotatable bonds is 7. The lowest BCUT2D eigenvalue weighted by atomic mass is 10.2. The summed E-state index contributed by atoms with van der Waals surface area (Å²) in [6.45, 7) is 4.51. The first-order chi connectivity index (χ1) is 8.69. The molecule has 1 rings (SSSR count). The Morgan fingerprint density at radius 1 is 1.44 bits per heavy atom. The van der Waals surface area contributed by atoms with Gasteiger partial charge < -0.3 is 15.8 Å². The zero-order chi connectivity index (χ0) is 13.4. The zero-order valence-electron chi connectivity index (χ0n) is 11.0. The molecule has 0 aliphatic heterocycles. The van der Waals surface area contributed by atoms with Crippen molar-refractivity contribution in [2.24, 2.45) is 5.73 Å². The van der Waals surface area contributed by atoms with Gasteiger partial charge in [-0.15, -0.1) is 0 Å². The van der Waals surface area contributed by atoms with Gasteiger partial charge in [-0.1, -0.05) is 13.8 Å². The van der Waals surface area contributed by atoms with Crippen LogP contribution >= 0.6 is 0 Å². The second kappa shape index (κ2) is 7.66. The quantitative estimate of drug-likeness (QED) is 0.764. The minimum Gasteiger partial charge on any atom is -0.482 e. The maximum atomic E-state index is 11.6. The fourth-order valence-corrected chi connectivity index (χ4v) is 1.53. The van der Waals surface area contributed by atoms with Crippen molar-refractivity contribution in [1.29, 1.82) is 0 Å². The van der Waals surface area contributed by atoms with Crippen molar-refractivity contribution < 1.29 is 9.53 Å². The van der Waals surface area contributed by atoms with E-state index < -0.39 is 0 Å². The summed E-state index contributed by atoms with van der Waals surface area (Å²) in [5, 5.41) is 2.90. The van der Waals surface area contributed by atoms with E-state index in [9.17, 15) is 4.79 Å². The van der Waals surface area contributed by atoms with Crippen molar-refractivity contribution in [3.05, 3.63) is 24.0 Å². The predicted molar refractivity (Wildman–Crippen MR) is 70.1 cm³/mol. The fraction of sp³-hybridized carbons (Fsp3) is 0.538. The lowest BCUT2D eigenvalue weighted by molar-refractivity contribution is -0.123. The summed E-state index contributed by atoms with van der Waals surface area (Å²) in [7, 11) is 0. The average Bonchev–Trinajstić information content (AvgIpc) is 2.43. The Morgan fingerprint density at radius 3 is 2.67 bits per heavy atom. The van der Waals surface area contributed by atoms with E-state index in [0.29, 0.717) is 12.3 Å². The van der Waals surface area contributed by atoms with Crippen LogP contribution in [0.2, 0.25) is 0 Å². The number of nitrogens with zero attached hydrogens (tertiary/aromatic N) is 1. The van der Waals surface area contributed by atoms with Gasteiger partial charge in [-0.2, -0.15) is 0 Å². The predicted octanol–water partition coefficient (Wildman–Crippen LogP) is 1.22. The van der Waals surface area contributed by atoms with Gasteiger partial charge in [0.05, 0.1) is 11.9 Å². The van der Waals surface area contributed by atoms with Gasteiger partial charge in [0.2, 0.25) is 0 Å². The van der Waals surface area contributed by atoms with Crippen LogP contribution in [-0.2, 0) is 11.3 Å². The van der Waals surface area contributed by atoms with Gasteiger partial charge in [0.1, 0.15) is 5.75 Å². The van der Waals surface area contributed by atoms with Crippen molar-refractivity contribution in [3.63, 3.8) is 0 Å². The number of nitrogens with two attached hydrogens (primary N) is 1. The van der Waals surface area contributed by atoms with Crippen LogP contribution in [0.4, 0.5) is 0 Å². The molecule has 18 heavy (non-hydrogen) atoms. The average molecular weight is 251 g/mol. The van der Waals surface area contributed by atoms with Crippen molar-refractivity contribution >= 4 is 5.91 Å². The normalized spacial score (nSPS) is 10.4. The van der Waals surface area contributed by atoms with Crippen LogP contribution in [-0.4, -0.2) is 23.5 Å². The van der Waals surface area contributed by atoms with E-state index in [2.05, 4.69) is 10.3 Å². The molecule has 1 aromatic heterocycles. The number of amides is 1. The molecule has 1 amide bonds. The summed E-state index contributed by atoms with van der Waals surface area (Å²) < 4.78 is 5.34. The van der Waals surface area contributed by atoms with Crippen LogP contribution in [0.3, 0.4) is 0 Å². The van der Waals surface area contributed by atoms with Crippen molar-refractivity contribution in [2.75, 3.05) is 6.61 Å². The Morgan fingerprint density at radius 2 is 2.17 bits per heavy atom. The van der Waals surface area contributed by atoms with Crippen LogP contribution in [0.5, 0.6) is 5.75 Å². The SMILES string of the molecule is CCC(CC)NC(=O)COc1ccc(CN)nc1. The topological polar surface area (TPSA) is 77.2 Å². The third kappa shape index (κ3) is 4.71. The number of carbonyl (C=O) groups is 1. The molecule has 0 aliphatic carbocycles. The standard InChI is InChI=1S/C13H21N3O2/c1-3-10(4-2)16-13(17)9-18-12-6-5-11(7-14)15-8-12/h5-6,8,10H,3-4,7,9,14H2,1-2H3,(H,16,17). The number of hydrogen-bond donors (Lipinski definition) is 2. The summed E-state index contributed by atoms with van der Waals surface area (Å²) in [5.74, 6) is 0.471. The molecule has 1 heterocycles. The lowest BCUT2D eigenvalue weighted by Crippen LogP contribution is -2.37. The Hall–Kier alpha value is -1.62. The molecular weight excluding hydrogens is 230 g/mol. The summed E-state index contributed by atoms with van der Waals surface area (Å²) in [6, 6.07) is 3.77. The third-order valence-electron chi connectivity index (χ3n) is 2.73. The monoisotopic (exact) mass is 251 g/mol. The van der Waals surface area contributed by atoms with Gasteiger partial charge in [0, 0.05) is 12.6 Å². The summed E-state index contributed by atoms with van der Waals surface area (Å²) in [4.78, 5) is 15.7. The summed E-state index contributed by atoms with van der Waals surface area (Å²) in [6.07, 6.45) is 3.43. The van der Waals surface area contributed by atoms with E-state index in [1.54, 1.807) is 18.3 Å². The molecule has 5 heteroatoms. The van der Waals surface area contributed by atoms with Crippen molar-refractivity contribution in [1.82, 2.24) is 10.3 Å². The lowest BCUT2D eigenvalue weighted by Gasteiger charge is -2.14. The van der Waals surface area contributed by atoms with E-state index in [0.717, 1.165) is 18.5 Å². The number of hydrogen-bond acceptors (Lipinski definition) is 4. The minimum atomic E-state index is -0.105. The molecule has 0 spiro atoms. The van der Waals surface area contributed by atoms with Gasteiger partial charge in [-0.25, -0.2) is 0 Å². The van der Waals surface area contributed by atoms with E-state index in [-0.39, 0.29) is 18.6 Å². The highest BCUT2D eigenvalue weighted by Crippen LogP contribution is 2.08. The third-order valence-corrected chi connectivity index (χ3v) is 2.73. The van der Waals surface area contributed by atoms with Gasteiger partial charge in [0.15, 0.2) is 6.61 Å². The second-order valence-corrected chi connectivity index (χ2v) is 4.06. The highest BCUT2D eigenvalue weighted by Gasteiger charge is 2.08. The summed E-state index contributed by atoms with van der Waals surface area (Å²) in [5.41, 5.74) is 6.24. The number of carbonyl (C=O) groups excluding carboxylic acids is 1. The Balaban J connectivity index is 2.37. The largest absolute Gasteiger partial charge is 0.482 e. The minimum absolute atomic E-state index is 0.0140. The van der Waals surface area contributed by atoms with Gasteiger partial charge in [0.25, 0.3) is 5.91 Å². The molecule has 3 N–H and O–H groups in total. The van der Waals surface area contributed by atoms with E-state index >= 15 is 0 Å². The molecule has 0 aliphatic rings. The Bertz CT molecular complexity index is 361. The molecule has 0 radical (unpaired) electrons. The maximum Gasteiger partial charge on any atom is 0.258 e. The Labute approximate surface area is 108 Å². The molecule has 0 bridgehead atoms. The molecule has 100 valence electrons. The van der Waals surface area contributed by atoms with Crippen molar-refractivity contribution in [2.45, 2.75) is 39.3 Å².